The third-order valence-electron chi connectivity index (χ3n) is 3.86. The van der Waals surface area contributed by atoms with Crippen LogP contribution in [0.15, 0.2) is 12.8 Å². The van der Waals surface area contributed by atoms with Crippen LogP contribution in [0.3, 0.4) is 0 Å². The van der Waals surface area contributed by atoms with E-state index in [1.165, 1.54) is 0 Å². The molecule has 1 aliphatic heterocycles. The number of nitrogens with zero attached hydrogens (tertiary/aromatic N) is 1. The largest absolute Gasteiger partial charge is 0.444 e. The summed E-state index contributed by atoms with van der Waals surface area (Å²) < 4.78 is 19.7. The van der Waals surface area contributed by atoms with Gasteiger partial charge in [-0.1, -0.05) is 6.58 Å². The predicted octanol–water partition coefficient (Wildman–Crippen LogP) is 4.30. The lowest BCUT2D eigenvalue weighted by atomic mass is 9.93. The molecule has 0 radical (unpaired) electrons. The molecule has 5 heteroatoms. The van der Waals surface area contributed by atoms with Crippen molar-refractivity contribution < 1.29 is 13.9 Å². The molecule has 0 aromatic carbocycles. The molecular weight excluding hydrogens is 283 g/mol. The Morgan fingerprint density at radius 3 is 2.45 bits per heavy atom. The van der Waals surface area contributed by atoms with E-state index in [2.05, 4.69) is 11.6 Å². The number of amides is 1. The van der Waals surface area contributed by atoms with Crippen molar-refractivity contribution in [3.63, 3.8) is 0 Å². The van der Waals surface area contributed by atoms with E-state index in [-0.39, 0.29) is 17.8 Å². The Kier molecular flexibility index (Phi) is 4.63. The number of aromatic amines is 1. The highest BCUT2D eigenvalue weighted by Crippen LogP contribution is 2.32. The number of likely N-dealkylation sites (tertiary alicyclic amines) is 1. The van der Waals surface area contributed by atoms with Gasteiger partial charge in [-0.05, 0) is 46.1 Å². The lowest BCUT2D eigenvalue weighted by Gasteiger charge is -2.33. The Morgan fingerprint density at radius 1 is 1.41 bits per heavy atom. The molecule has 1 N–H and O–H groups in total. The van der Waals surface area contributed by atoms with Crippen LogP contribution in [-0.2, 0) is 4.74 Å². The van der Waals surface area contributed by atoms with Crippen LogP contribution >= 0.6 is 0 Å². The van der Waals surface area contributed by atoms with Crippen molar-refractivity contribution in [3.05, 3.63) is 29.9 Å². The molecule has 22 heavy (non-hydrogen) atoms. The van der Waals surface area contributed by atoms with Crippen LogP contribution in [0.5, 0.6) is 0 Å². The topological polar surface area (TPSA) is 45.3 Å². The summed E-state index contributed by atoms with van der Waals surface area (Å²) in [6.07, 6.45) is 2.84. The normalized spacial score (nSPS) is 16.7. The minimum atomic E-state index is -0.490. The molecule has 2 heterocycles. The summed E-state index contributed by atoms with van der Waals surface area (Å²) in [5, 5.41) is 0. The molecule has 1 amide bonds. The number of ether oxygens (including phenoxy) is 1. The van der Waals surface area contributed by atoms with Crippen LogP contribution in [0.1, 0.15) is 57.7 Å². The van der Waals surface area contributed by atoms with Crippen molar-refractivity contribution in [1.82, 2.24) is 9.88 Å². The van der Waals surface area contributed by atoms with Gasteiger partial charge in [0.05, 0.1) is 5.69 Å². The Hall–Kier alpha value is -1.78. The third kappa shape index (κ3) is 3.70. The van der Waals surface area contributed by atoms with Crippen LogP contribution in [-0.4, -0.2) is 34.7 Å². The second-order valence-corrected chi connectivity index (χ2v) is 6.95. The summed E-state index contributed by atoms with van der Waals surface area (Å²) in [6.45, 7) is 12.3. The number of carbonyl (C=O) groups is 1. The van der Waals surface area contributed by atoms with Gasteiger partial charge in [0, 0.05) is 30.8 Å². The van der Waals surface area contributed by atoms with Crippen molar-refractivity contribution in [2.45, 2.75) is 52.1 Å². The highest BCUT2D eigenvalue weighted by Gasteiger charge is 2.29. The molecule has 0 aliphatic carbocycles. The fraction of sp³-hybridized carbons (Fsp3) is 0.588. The molecule has 1 aromatic rings. The number of hydrogen-bond acceptors (Lipinski definition) is 2. The van der Waals surface area contributed by atoms with Gasteiger partial charge in [-0.15, -0.1) is 0 Å². The monoisotopic (exact) mass is 308 g/mol. The lowest BCUT2D eigenvalue weighted by molar-refractivity contribution is 0.0203. The van der Waals surface area contributed by atoms with Crippen LogP contribution in [0, 0.1) is 5.82 Å². The number of aromatic nitrogens is 1. The Bertz CT molecular complexity index is 564. The van der Waals surface area contributed by atoms with Crippen LogP contribution < -0.4 is 0 Å². The van der Waals surface area contributed by atoms with Crippen molar-refractivity contribution >= 4 is 11.7 Å². The zero-order chi connectivity index (χ0) is 16.5. The standard InChI is InChI=1S/C17H25FN2O2/c1-11(2)13-10-19-15(14(13)18)12-6-8-20(9-7-12)16(21)22-17(3,4)5/h10,12,19H,1,6-9H2,2-5H3. The van der Waals surface area contributed by atoms with Gasteiger partial charge in [0.1, 0.15) is 5.60 Å². The molecule has 0 spiro atoms. The molecule has 0 bridgehead atoms. The first-order valence-corrected chi connectivity index (χ1v) is 7.69. The first-order valence-electron chi connectivity index (χ1n) is 7.69. The quantitative estimate of drug-likeness (QED) is 0.885. The summed E-state index contributed by atoms with van der Waals surface area (Å²) in [7, 11) is 0. The van der Waals surface area contributed by atoms with E-state index < -0.39 is 5.60 Å². The van der Waals surface area contributed by atoms with Gasteiger partial charge in [-0.2, -0.15) is 0 Å². The SMILES string of the molecule is C=C(C)c1c[nH]c(C2CCN(C(=O)OC(C)(C)C)CC2)c1F. The summed E-state index contributed by atoms with van der Waals surface area (Å²) >= 11 is 0. The molecule has 122 valence electrons. The number of halogens is 1. The number of carbonyl (C=O) groups excluding carboxylic acids is 1. The van der Waals surface area contributed by atoms with Gasteiger partial charge in [0.25, 0.3) is 0 Å². The first-order chi connectivity index (χ1) is 10.2. The lowest BCUT2D eigenvalue weighted by Crippen LogP contribution is -2.41. The number of rotatable bonds is 2. The zero-order valence-corrected chi connectivity index (χ0v) is 13.8. The number of allylic oxidation sites excluding steroid dienone is 1. The minimum absolute atomic E-state index is 0.104. The van der Waals surface area contributed by atoms with Crippen molar-refractivity contribution in [2.24, 2.45) is 0 Å². The summed E-state index contributed by atoms with van der Waals surface area (Å²) in [4.78, 5) is 16.8. The highest BCUT2D eigenvalue weighted by molar-refractivity contribution is 5.68. The van der Waals surface area contributed by atoms with E-state index in [9.17, 15) is 9.18 Å². The number of piperidine rings is 1. The Labute approximate surface area is 131 Å². The van der Waals surface area contributed by atoms with Gasteiger partial charge in [-0.3, -0.25) is 0 Å². The van der Waals surface area contributed by atoms with Gasteiger partial charge >= 0.3 is 6.09 Å². The summed E-state index contributed by atoms with van der Waals surface area (Å²) in [6, 6.07) is 0. The highest BCUT2D eigenvalue weighted by atomic mass is 19.1. The van der Waals surface area contributed by atoms with Gasteiger partial charge in [0.15, 0.2) is 5.82 Å². The molecule has 2 rings (SSSR count). The maximum absolute atomic E-state index is 14.3. The van der Waals surface area contributed by atoms with Crippen LogP contribution in [0.25, 0.3) is 5.57 Å². The molecule has 1 saturated heterocycles. The van der Waals surface area contributed by atoms with E-state index in [0.29, 0.717) is 29.9 Å². The number of nitrogens with one attached hydrogen (secondary N) is 1. The molecule has 0 unspecified atom stereocenters. The van der Waals surface area contributed by atoms with Crippen LogP contribution in [0.2, 0.25) is 0 Å². The van der Waals surface area contributed by atoms with Crippen LogP contribution in [0.4, 0.5) is 9.18 Å². The van der Waals surface area contributed by atoms with Crippen molar-refractivity contribution in [2.75, 3.05) is 13.1 Å². The molecule has 0 atom stereocenters. The number of hydrogen-bond donors (Lipinski definition) is 1. The van der Waals surface area contributed by atoms with Gasteiger partial charge in [0.2, 0.25) is 0 Å². The molecule has 1 aromatic heterocycles. The third-order valence-corrected chi connectivity index (χ3v) is 3.86. The van der Waals surface area contributed by atoms with Gasteiger partial charge in [-0.25, -0.2) is 9.18 Å². The molecule has 0 saturated carbocycles. The molecule has 1 fully saturated rings. The average molecular weight is 308 g/mol. The number of H-pyrrole nitrogens is 1. The molecular formula is C17H25FN2O2. The smallest absolute Gasteiger partial charge is 0.410 e. The zero-order valence-electron chi connectivity index (χ0n) is 13.8. The molecule has 4 nitrogen and oxygen atoms in total. The Balaban J connectivity index is 1.98. The average Bonchev–Trinajstić information content (AvgIpc) is 2.79. The minimum Gasteiger partial charge on any atom is -0.444 e. The van der Waals surface area contributed by atoms with Crippen molar-refractivity contribution in [3.8, 4) is 0 Å². The van der Waals surface area contributed by atoms with E-state index >= 15 is 0 Å². The fourth-order valence-electron chi connectivity index (χ4n) is 2.71. The summed E-state index contributed by atoms with van der Waals surface area (Å²) in [5.74, 6) is -0.102. The first kappa shape index (κ1) is 16.6. The van der Waals surface area contributed by atoms with E-state index in [1.54, 1.807) is 18.0 Å². The second kappa shape index (κ2) is 6.15. The maximum atomic E-state index is 14.3. The second-order valence-electron chi connectivity index (χ2n) is 6.95. The predicted molar refractivity (Wildman–Crippen MR) is 85.2 cm³/mol. The maximum Gasteiger partial charge on any atom is 0.410 e. The molecule has 1 aliphatic rings. The van der Waals surface area contributed by atoms with E-state index in [0.717, 1.165) is 12.8 Å². The fourth-order valence-corrected chi connectivity index (χ4v) is 2.71. The van der Waals surface area contributed by atoms with E-state index in [4.69, 9.17) is 4.74 Å². The Morgan fingerprint density at radius 2 is 2.00 bits per heavy atom. The van der Waals surface area contributed by atoms with Gasteiger partial charge < -0.3 is 14.6 Å². The summed E-state index contributed by atoms with van der Waals surface area (Å²) in [5.41, 5.74) is 1.40. The van der Waals surface area contributed by atoms with E-state index in [1.807, 2.05) is 20.8 Å². The van der Waals surface area contributed by atoms with Crippen molar-refractivity contribution in [1.29, 1.82) is 0 Å².